The molecule has 90 valence electrons. The molecule has 0 bridgehead atoms. The minimum atomic E-state index is -0.161. The maximum Gasteiger partial charge on any atom is 0.302 e. The van der Waals surface area contributed by atoms with Crippen LogP contribution in [-0.2, 0) is 9.53 Å². The van der Waals surface area contributed by atoms with E-state index in [1.54, 1.807) is 0 Å². The molecular weight excluding hydrogens is 200 g/mol. The summed E-state index contributed by atoms with van der Waals surface area (Å²) in [5, 5.41) is 0. The van der Waals surface area contributed by atoms with Gasteiger partial charge in [0.2, 0.25) is 0 Å². The lowest BCUT2D eigenvalue weighted by molar-refractivity contribution is -0.146. The SMILES string of the molecule is CC(=O)OC1CC=C(CCC=C(C)C)CC1. The summed E-state index contributed by atoms with van der Waals surface area (Å²) < 4.78 is 5.19. The van der Waals surface area contributed by atoms with Crippen LogP contribution in [0.1, 0.15) is 52.9 Å². The van der Waals surface area contributed by atoms with Gasteiger partial charge in [0.05, 0.1) is 0 Å². The normalized spacial score (nSPS) is 19.9. The van der Waals surface area contributed by atoms with Crippen molar-refractivity contribution in [1.29, 1.82) is 0 Å². The lowest BCUT2D eigenvalue weighted by Crippen LogP contribution is -2.18. The molecule has 0 aromatic carbocycles. The zero-order valence-corrected chi connectivity index (χ0v) is 10.6. The molecule has 1 rings (SSSR count). The molecule has 0 radical (unpaired) electrons. The Morgan fingerprint density at radius 3 is 2.75 bits per heavy atom. The van der Waals surface area contributed by atoms with Gasteiger partial charge in [-0.1, -0.05) is 23.3 Å². The van der Waals surface area contributed by atoms with E-state index in [2.05, 4.69) is 26.0 Å². The largest absolute Gasteiger partial charge is 0.462 e. The van der Waals surface area contributed by atoms with Crippen LogP contribution in [0.25, 0.3) is 0 Å². The number of carbonyl (C=O) groups excluding carboxylic acids is 1. The van der Waals surface area contributed by atoms with Gasteiger partial charge in [-0.15, -0.1) is 0 Å². The number of carbonyl (C=O) groups is 1. The van der Waals surface area contributed by atoms with Gasteiger partial charge in [-0.2, -0.15) is 0 Å². The van der Waals surface area contributed by atoms with E-state index in [0.29, 0.717) is 0 Å². The van der Waals surface area contributed by atoms with Crippen molar-refractivity contribution in [1.82, 2.24) is 0 Å². The zero-order chi connectivity index (χ0) is 12.0. The van der Waals surface area contributed by atoms with E-state index in [9.17, 15) is 4.79 Å². The summed E-state index contributed by atoms with van der Waals surface area (Å²) in [6, 6.07) is 0. The maximum atomic E-state index is 10.8. The van der Waals surface area contributed by atoms with E-state index >= 15 is 0 Å². The van der Waals surface area contributed by atoms with Crippen LogP contribution in [0.2, 0.25) is 0 Å². The number of allylic oxidation sites excluding steroid dienone is 3. The van der Waals surface area contributed by atoms with E-state index in [-0.39, 0.29) is 12.1 Å². The Hall–Kier alpha value is -1.05. The highest BCUT2D eigenvalue weighted by Gasteiger charge is 2.16. The Balaban J connectivity index is 2.29. The van der Waals surface area contributed by atoms with Crippen molar-refractivity contribution in [2.75, 3.05) is 0 Å². The second-order valence-corrected chi connectivity index (χ2v) is 4.69. The number of hydrogen-bond acceptors (Lipinski definition) is 2. The van der Waals surface area contributed by atoms with Gasteiger partial charge in [0.1, 0.15) is 6.10 Å². The number of hydrogen-bond donors (Lipinski definition) is 0. The molecule has 1 aliphatic carbocycles. The molecule has 2 nitrogen and oxygen atoms in total. The molecule has 0 amide bonds. The van der Waals surface area contributed by atoms with Crippen molar-refractivity contribution in [3.63, 3.8) is 0 Å². The van der Waals surface area contributed by atoms with Crippen molar-refractivity contribution in [3.8, 4) is 0 Å². The molecule has 0 N–H and O–H groups in total. The van der Waals surface area contributed by atoms with Crippen LogP contribution in [-0.4, -0.2) is 12.1 Å². The molecule has 0 saturated heterocycles. The first-order valence-electron chi connectivity index (χ1n) is 6.06. The Bertz CT molecular complexity index is 296. The van der Waals surface area contributed by atoms with Gasteiger partial charge in [0, 0.05) is 13.3 Å². The summed E-state index contributed by atoms with van der Waals surface area (Å²) in [4.78, 5) is 10.8. The third kappa shape index (κ3) is 5.15. The summed E-state index contributed by atoms with van der Waals surface area (Å²) in [5.74, 6) is -0.161. The number of rotatable bonds is 4. The standard InChI is InChI=1S/C14H22O2/c1-11(2)5-4-6-13-7-9-14(10-8-13)16-12(3)15/h5,7,14H,4,6,8-10H2,1-3H3. The average Bonchev–Trinajstić information content (AvgIpc) is 2.19. The second kappa shape index (κ2) is 6.51. The number of ether oxygens (including phenoxy) is 1. The van der Waals surface area contributed by atoms with E-state index in [4.69, 9.17) is 4.74 Å². The lowest BCUT2D eigenvalue weighted by Gasteiger charge is -2.21. The monoisotopic (exact) mass is 222 g/mol. The topological polar surface area (TPSA) is 26.3 Å². The highest BCUT2D eigenvalue weighted by Crippen LogP contribution is 2.24. The van der Waals surface area contributed by atoms with Crippen LogP contribution in [0.3, 0.4) is 0 Å². The van der Waals surface area contributed by atoms with E-state index in [1.165, 1.54) is 18.1 Å². The van der Waals surface area contributed by atoms with E-state index < -0.39 is 0 Å². The first-order valence-corrected chi connectivity index (χ1v) is 6.06. The summed E-state index contributed by atoms with van der Waals surface area (Å²) in [5.41, 5.74) is 2.90. The quantitative estimate of drug-likeness (QED) is 0.534. The van der Waals surface area contributed by atoms with Crippen molar-refractivity contribution >= 4 is 5.97 Å². The van der Waals surface area contributed by atoms with Crippen molar-refractivity contribution < 1.29 is 9.53 Å². The third-order valence-electron chi connectivity index (χ3n) is 2.81. The van der Waals surface area contributed by atoms with Gasteiger partial charge in [-0.25, -0.2) is 0 Å². The van der Waals surface area contributed by atoms with Gasteiger partial charge in [0.15, 0.2) is 0 Å². The van der Waals surface area contributed by atoms with Crippen LogP contribution in [0.15, 0.2) is 23.3 Å². The molecule has 0 aromatic rings. The number of esters is 1. The third-order valence-corrected chi connectivity index (χ3v) is 2.81. The van der Waals surface area contributed by atoms with Crippen LogP contribution >= 0.6 is 0 Å². The van der Waals surface area contributed by atoms with Gasteiger partial charge in [-0.05, 0) is 39.5 Å². The molecule has 0 spiro atoms. The Morgan fingerprint density at radius 1 is 1.50 bits per heavy atom. The van der Waals surface area contributed by atoms with Gasteiger partial charge in [0.25, 0.3) is 0 Å². The Kier molecular flexibility index (Phi) is 5.30. The molecule has 2 heteroatoms. The van der Waals surface area contributed by atoms with Gasteiger partial charge in [-0.3, -0.25) is 4.79 Å². The molecular formula is C14H22O2. The lowest BCUT2D eigenvalue weighted by atomic mass is 9.94. The van der Waals surface area contributed by atoms with Crippen LogP contribution in [0.4, 0.5) is 0 Å². The second-order valence-electron chi connectivity index (χ2n) is 4.69. The predicted octanol–water partition coefficient (Wildman–Crippen LogP) is 3.77. The smallest absolute Gasteiger partial charge is 0.302 e. The van der Waals surface area contributed by atoms with Gasteiger partial charge >= 0.3 is 5.97 Å². The zero-order valence-electron chi connectivity index (χ0n) is 10.6. The fraction of sp³-hybridized carbons (Fsp3) is 0.643. The first kappa shape index (κ1) is 13.0. The van der Waals surface area contributed by atoms with Crippen molar-refractivity contribution in [2.45, 2.75) is 59.0 Å². The average molecular weight is 222 g/mol. The fourth-order valence-corrected chi connectivity index (χ4v) is 1.98. The summed E-state index contributed by atoms with van der Waals surface area (Å²) in [6.45, 7) is 5.74. The Labute approximate surface area is 98.4 Å². The maximum absolute atomic E-state index is 10.8. The minimum Gasteiger partial charge on any atom is -0.462 e. The molecule has 1 atom stereocenters. The molecule has 16 heavy (non-hydrogen) atoms. The molecule has 0 aliphatic heterocycles. The minimum absolute atomic E-state index is 0.115. The molecule has 1 aliphatic rings. The molecule has 1 unspecified atom stereocenters. The molecule has 0 heterocycles. The van der Waals surface area contributed by atoms with Crippen LogP contribution in [0, 0.1) is 0 Å². The highest BCUT2D eigenvalue weighted by atomic mass is 16.5. The van der Waals surface area contributed by atoms with Crippen molar-refractivity contribution in [3.05, 3.63) is 23.3 Å². The van der Waals surface area contributed by atoms with E-state index in [0.717, 1.165) is 32.1 Å². The molecule has 0 fully saturated rings. The van der Waals surface area contributed by atoms with Gasteiger partial charge < -0.3 is 4.74 Å². The predicted molar refractivity (Wildman–Crippen MR) is 66.2 cm³/mol. The van der Waals surface area contributed by atoms with Crippen molar-refractivity contribution in [2.24, 2.45) is 0 Å². The highest BCUT2D eigenvalue weighted by molar-refractivity contribution is 5.66. The summed E-state index contributed by atoms with van der Waals surface area (Å²) in [6.07, 6.45) is 9.88. The van der Waals surface area contributed by atoms with Crippen LogP contribution < -0.4 is 0 Å². The van der Waals surface area contributed by atoms with E-state index in [1.807, 2.05) is 0 Å². The molecule has 0 aromatic heterocycles. The molecule has 0 saturated carbocycles. The summed E-state index contributed by atoms with van der Waals surface area (Å²) in [7, 11) is 0. The Morgan fingerprint density at radius 2 is 2.25 bits per heavy atom. The van der Waals surface area contributed by atoms with Crippen LogP contribution in [0.5, 0.6) is 0 Å². The summed E-state index contributed by atoms with van der Waals surface area (Å²) >= 11 is 0. The fourth-order valence-electron chi connectivity index (χ4n) is 1.98. The first-order chi connectivity index (χ1) is 7.58.